The van der Waals surface area contributed by atoms with Crippen LogP contribution in [0.4, 0.5) is 0 Å². The van der Waals surface area contributed by atoms with Crippen molar-refractivity contribution in [2.45, 2.75) is 78.9 Å². The van der Waals surface area contributed by atoms with E-state index >= 15 is 0 Å². The van der Waals surface area contributed by atoms with Crippen LogP contribution >= 0.6 is 0 Å². The molecule has 0 aromatic rings. The molecule has 7 atom stereocenters. The second-order valence-electron chi connectivity index (χ2n) is 10.7. The molecule has 5 nitrogen and oxygen atoms in total. The molecule has 1 saturated heterocycles. The lowest BCUT2D eigenvalue weighted by Crippen LogP contribution is -2.63. The molecule has 0 N–H and O–H groups in total. The molecule has 158 valence electrons. The van der Waals surface area contributed by atoms with E-state index in [9.17, 15) is 9.59 Å². The van der Waals surface area contributed by atoms with E-state index < -0.39 is 6.29 Å². The first kappa shape index (κ1) is 20.2. The predicted molar refractivity (Wildman–Crippen MR) is 104 cm³/mol. The molecular weight excluding hydrogens is 356 g/mol. The van der Waals surface area contributed by atoms with E-state index in [0.717, 1.165) is 25.7 Å². The smallest absolute Gasteiger partial charge is 0.309 e. The van der Waals surface area contributed by atoms with Gasteiger partial charge in [-0.3, -0.25) is 9.59 Å². The van der Waals surface area contributed by atoms with Crippen molar-refractivity contribution in [3.05, 3.63) is 0 Å². The van der Waals surface area contributed by atoms with Crippen LogP contribution in [-0.4, -0.2) is 31.9 Å². The molecule has 7 unspecified atom stereocenters. The number of carbonyl (C=O) groups excluding carboxylic acids is 2. The molecule has 0 amide bonds. The Labute approximate surface area is 168 Å². The van der Waals surface area contributed by atoms with Crippen LogP contribution in [0.5, 0.6) is 0 Å². The average molecular weight is 393 g/mol. The number of fused-ring (bicyclic) bond motifs is 2. The molecule has 1 spiro atoms. The summed E-state index contributed by atoms with van der Waals surface area (Å²) in [5.41, 5.74) is 0.270. The minimum atomic E-state index is -0.532. The molecule has 1 aliphatic heterocycles. The minimum Gasteiger partial charge on any atom is -0.469 e. The van der Waals surface area contributed by atoms with Gasteiger partial charge in [0.15, 0.2) is 0 Å². The van der Waals surface area contributed by atoms with Gasteiger partial charge in [0.1, 0.15) is 0 Å². The van der Waals surface area contributed by atoms with Crippen LogP contribution in [0.1, 0.15) is 72.6 Å². The van der Waals surface area contributed by atoms with E-state index in [0.29, 0.717) is 23.9 Å². The average Bonchev–Trinajstić information content (AvgIpc) is 2.97. The topological polar surface area (TPSA) is 61.8 Å². The van der Waals surface area contributed by atoms with Crippen LogP contribution < -0.4 is 0 Å². The molecule has 28 heavy (non-hydrogen) atoms. The Balaban J connectivity index is 1.78. The number of ether oxygens (including phenoxy) is 3. The van der Waals surface area contributed by atoms with Crippen LogP contribution in [0.3, 0.4) is 0 Å². The molecular formula is C23H36O5. The first-order chi connectivity index (χ1) is 13.2. The highest BCUT2D eigenvalue weighted by Gasteiger charge is 2.70. The lowest BCUT2D eigenvalue weighted by molar-refractivity contribution is -0.240. The Morgan fingerprint density at radius 1 is 1.00 bits per heavy atom. The molecule has 4 fully saturated rings. The zero-order valence-electron chi connectivity index (χ0n) is 18.1. The van der Waals surface area contributed by atoms with E-state index in [1.165, 1.54) is 33.3 Å². The predicted octanol–water partition coefficient (Wildman–Crippen LogP) is 4.33. The summed E-state index contributed by atoms with van der Waals surface area (Å²) in [6.45, 7) is 9.28. The third-order valence-electron chi connectivity index (χ3n) is 9.17. The third kappa shape index (κ3) is 2.68. The summed E-state index contributed by atoms with van der Waals surface area (Å²) >= 11 is 0. The molecule has 4 aliphatic rings. The second kappa shape index (κ2) is 6.72. The van der Waals surface area contributed by atoms with Gasteiger partial charge in [0.25, 0.3) is 0 Å². The molecule has 0 aromatic carbocycles. The summed E-state index contributed by atoms with van der Waals surface area (Å²) in [6, 6.07) is 0. The third-order valence-corrected chi connectivity index (χ3v) is 9.17. The van der Waals surface area contributed by atoms with Gasteiger partial charge in [-0.05, 0) is 61.2 Å². The van der Waals surface area contributed by atoms with Crippen LogP contribution in [0.2, 0.25) is 0 Å². The van der Waals surface area contributed by atoms with Gasteiger partial charge in [-0.2, -0.15) is 0 Å². The van der Waals surface area contributed by atoms with E-state index in [1.807, 2.05) is 0 Å². The minimum absolute atomic E-state index is 0.0749. The zero-order chi connectivity index (χ0) is 20.3. The fourth-order valence-corrected chi connectivity index (χ4v) is 8.25. The lowest BCUT2D eigenvalue weighted by atomic mass is 9.38. The van der Waals surface area contributed by atoms with Crippen molar-refractivity contribution in [3.8, 4) is 0 Å². The Hall–Kier alpha value is -1.10. The number of hydrogen-bond acceptors (Lipinski definition) is 5. The fraction of sp³-hybridized carbons (Fsp3) is 0.913. The Morgan fingerprint density at radius 3 is 2.43 bits per heavy atom. The first-order valence-electron chi connectivity index (χ1n) is 11.0. The maximum absolute atomic E-state index is 12.6. The zero-order valence-corrected chi connectivity index (χ0v) is 18.1. The van der Waals surface area contributed by atoms with Gasteiger partial charge < -0.3 is 14.2 Å². The first-order valence-corrected chi connectivity index (χ1v) is 11.0. The largest absolute Gasteiger partial charge is 0.469 e. The molecule has 3 saturated carbocycles. The van der Waals surface area contributed by atoms with E-state index in [2.05, 4.69) is 20.8 Å². The summed E-state index contributed by atoms with van der Waals surface area (Å²) in [5, 5.41) is 0. The van der Waals surface area contributed by atoms with Crippen LogP contribution in [0.15, 0.2) is 0 Å². The molecule has 5 heteroatoms. The molecule has 0 bridgehead atoms. The van der Waals surface area contributed by atoms with Gasteiger partial charge in [0.05, 0.1) is 19.6 Å². The van der Waals surface area contributed by atoms with Crippen molar-refractivity contribution in [2.75, 3.05) is 13.7 Å². The number of rotatable bonds is 2. The quantitative estimate of drug-likeness (QED) is 0.655. The van der Waals surface area contributed by atoms with Gasteiger partial charge in [-0.25, -0.2) is 0 Å². The highest BCUT2D eigenvalue weighted by molar-refractivity contribution is 5.73. The maximum Gasteiger partial charge on any atom is 0.309 e. The van der Waals surface area contributed by atoms with E-state index in [1.54, 1.807) is 0 Å². The summed E-state index contributed by atoms with van der Waals surface area (Å²) in [7, 11) is 1.47. The van der Waals surface area contributed by atoms with Crippen molar-refractivity contribution in [1.82, 2.24) is 0 Å². The lowest BCUT2D eigenvalue weighted by Gasteiger charge is -2.65. The maximum atomic E-state index is 12.6. The summed E-state index contributed by atoms with van der Waals surface area (Å²) in [6.07, 6.45) is 7.14. The summed E-state index contributed by atoms with van der Waals surface area (Å²) < 4.78 is 17.0. The molecule has 1 heterocycles. The van der Waals surface area contributed by atoms with E-state index in [4.69, 9.17) is 14.2 Å². The number of esters is 2. The van der Waals surface area contributed by atoms with Crippen molar-refractivity contribution >= 4 is 11.9 Å². The van der Waals surface area contributed by atoms with Crippen molar-refractivity contribution in [1.29, 1.82) is 0 Å². The highest BCUT2D eigenvalue weighted by atomic mass is 16.7. The Kier molecular flexibility index (Phi) is 4.84. The molecule has 3 aliphatic carbocycles. The SMILES string of the molecule is COC(=O)C1CCC2C3(C)CCCC(C)(C)C3CCC23C(OC(C)=O)OCC13. The van der Waals surface area contributed by atoms with Crippen molar-refractivity contribution < 1.29 is 23.8 Å². The van der Waals surface area contributed by atoms with Crippen molar-refractivity contribution in [2.24, 2.45) is 39.9 Å². The van der Waals surface area contributed by atoms with Crippen LogP contribution in [0, 0.1) is 39.9 Å². The molecule has 4 rings (SSSR count). The van der Waals surface area contributed by atoms with Gasteiger partial charge in [-0.15, -0.1) is 0 Å². The molecule has 0 radical (unpaired) electrons. The summed E-state index contributed by atoms with van der Waals surface area (Å²) in [5.74, 6) is 0.570. The standard InChI is InChI=1S/C23H36O5/c1-14(24)28-20-23-12-9-17-21(2,3)10-6-11-22(17,4)18(23)8-7-15(19(25)26-5)16(23)13-27-20/h15-18,20H,6-13H2,1-5H3. The number of carbonyl (C=O) groups is 2. The fourth-order valence-electron chi connectivity index (χ4n) is 8.25. The monoisotopic (exact) mass is 392 g/mol. The highest BCUT2D eigenvalue weighted by Crippen LogP contribution is 2.71. The Bertz CT molecular complexity index is 657. The Morgan fingerprint density at radius 2 is 1.75 bits per heavy atom. The normalized spacial score (nSPS) is 46.7. The summed E-state index contributed by atoms with van der Waals surface area (Å²) in [4.78, 5) is 24.5. The van der Waals surface area contributed by atoms with Crippen molar-refractivity contribution in [3.63, 3.8) is 0 Å². The number of methoxy groups -OCH3 is 1. The second-order valence-corrected chi connectivity index (χ2v) is 10.7. The van der Waals surface area contributed by atoms with E-state index in [-0.39, 0.29) is 34.6 Å². The van der Waals surface area contributed by atoms with Gasteiger partial charge >= 0.3 is 11.9 Å². The van der Waals surface area contributed by atoms with Crippen LogP contribution in [-0.2, 0) is 23.8 Å². The number of hydrogen-bond donors (Lipinski definition) is 0. The van der Waals surface area contributed by atoms with Gasteiger partial charge in [0, 0.05) is 18.3 Å². The molecule has 0 aromatic heterocycles. The van der Waals surface area contributed by atoms with Crippen LogP contribution in [0.25, 0.3) is 0 Å². The van der Waals surface area contributed by atoms with Gasteiger partial charge in [-0.1, -0.05) is 27.2 Å². The van der Waals surface area contributed by atoms with Gasteiger partial charge in [0.2, 0.25) is 6.29 Å².